The summed E-state index contributed by atoms with van der Waals surface area (Å²) in [7, 11) is 0. The van der Waals surface area contributed by atoms with Gasteiger partial charge in [0, 0.05) is 0 Å². The lowest BCUT2D eigenvalue weighted by Crippen LogP contribution is -2.30. The summed E-state index contributed by atoms with van der Waals surface area (Å²) < 4.78 is 5.79. The Hall–Kier alpha value is -0.610. The Morgan fingerprint density at radius 2 is 1.76 bits per heavy atom. The Labute approximate surface area is 111 Å². The first-order valence-electron chi connectivity index (χ1n) is 5.92. The van der Waals surface area contributed by atoms with Crippen molar-refractivity contribution in [2.45, 2.75) is 45.1 Å². The topological polar surface area (TPSA) is 47.9 Å². The summed E-state index contributed by atoms with van der Waals surface area (Å²) in [4.78, 5) is 11.6. The van der Waals surface area contributed by atoms with Crippen LogP contribution in [0.3, 0.4) is 0 Å². The third kappa shape index (κ3) is 3.42. The van der Waals surface area contributed by atoms with Crippen LogP contribution in [0.15, 0.2) is 0 Å². The van der Waals surface area contributed by atoms with Gasteiger partial charge in [0.05, 0.1) is 0 Å². The fourth-order valence-electron chi connectivity index (χ4n) is 2.29. The predicted molar refractivity (Wildman–Crippen MR) is 66.5 cm³/mol. The van der Waals surface area contributed by atoms with E-state index in [1.54, 1.807) is 0 Å². The largest absolute Gasteiger partial charge is 0.460 e. The fraction of sp³-hybridized carbons (Fsp3) is 0.727. The average Bonchev–Trinajstić information content (AvgIpc) is 2.28. The summed E-state index contributed by atoms with van der Waals surface area (Å²) in [5.74, 6) is 0.568. The second kappa shape index (κ2) is 5.83. The molecule has 0 aliphatic heterocycles. The molecule has 0 aromatic carbocycles. The van der Waals surface area contributed by atoms with E-state index in [2.05, 4.69) is 21.9 Å². The molecule has 4 nitrogen and oxygen atoms in total. The molecular formula is C11H15Cl2N3O. The molecule has 0 N–H and O–H groups in total. The van der Waals surface area contributed by atoms with Crippen LogP contribution >= 0.6 is 23.2 Å². The zero-order valence-corrected chi connectivity index (χ0v) is 11.2. The van der Waals surface area contributed by atoms with Crippen molar-refractivity contribution in [2.75, 3.05) is 0 Å². The van der Waals surface area contributed by atoms with Crippen molar-refractivity contribution in [3.8, 4) is 6.01 Å². The highest BCUT2D eigenvalue weighted by Crippen LogP contribution is 2.29. The highest BCUT2D eigenvalue weighted by atomic mass is 35.5. The number of ether oxygens (including phenoxy) is 1. The first-order chi connectivity index (χ1) is 8.19. The van der Waals surface area contributed by atoms with Gasteiger partial charge in [-0.3, -0.25) is 0 Å². The van der Waals surface area contributed by atoms with Gasteiger partial charge in [0.25, 0.3) is 0 Å². The van der Waals surface area contributed by atoms with Gasteiger partial charge in [-0.25, -0.2) is 0 Å². The van der Waals surface area contributed by atoms with E-state index in [1.165, 1.54) is 19.3 Å². The van der Waals surface area contributed by atoms with E-state index in [1.807, 2.05) is 0 Å². The van der Waals surface area contributed by atoms with E-state index >= 15 is 0 Å². The first kappa shape index (κ1) is 12.8. The Bertz CT molecular complexity index is 369. The standard InChI is InChI=1S/C11H15Cl2N3O/c1-2-7-5-3-4-6-8(7)17-11-15-9(12)14-10(13)16-11/h7-8H,2-6H2,1H3. The molecule has 0 spiro atoms. The molecule has 17 heavy (non-hydrogen) atoms. The minimum Gasteiger partial charge on any atom is -0.460 e. The van der Waals surface area contributed by atoms with Gasteiger partial charge >= 0.3 is 6.01 Å². The van der Waals surface area contributed by atoms with Crippen LogP contribution in [0.2, 0.25) is 10.6 Å². The number of rotatable bonds is 3. The van der Waals surface area contributed by atoms with Gasteiger partial charge in [0.2, 0.25) is 10.6 Å². The molecule has 1 heterocycles. The van der Waals surface area contributed by atoms with E-state index in [9.17, 15) is 0 Å². The summed E-state index contributed by atoms with van der Waals surface area (Å²) in [6, 6.07) is 0.236. The van der Waals surface area contributed by atoms with Crippen molar-refractivity contribution in [1.29, 1.82) is 0 Å². The number of aromatic nitrogens is 3. The SMILES string of the molecule is CCC1CCCCC1Oc1nc(Cl)nc(Cl)n1. The first-order valence-corrected chi connectivity index (χ1v) is 6.68. The Morgan fingerprint density at radius 1 is 1.12 bits per heavy atom. The van der Waals surface area contributed by atoms with Crippen molar-refractivity contribution in [3.63, 3.8) is 0 Å². The Kier molecular flexibility index (Phi) is 4.40. The summed E-state index contributed by atoms with van der Waals surface area (Å²) in [5, 5.41) is 0.146. The lowest BCUT2D eigenvalue weighted by molar-refractivity contribution is 0.0807. The highest BCUT2D eigenvalue weighted by Gasteiger charge is 2.26. The summed E-state index contributed by atoms with van der Waals surface area (Å²) in [6.45, 7) is 2.18. The van der Waals surface area contributed by atoms with Crippen LogP contribution in [-0.2, 0) is 0 Å². The molecule has 2 atom stereocenters. The third-order valence-electron chi connectivity index (χ3n) is 3.18. The molecule has 94 valence electrons. The molecule has 1 aliphatic carbocycles. The number of hydrogen-bond donors (Lipinski definition) is 0. The molecule has 0 bridgehead atoms. The Balaban J connectivity index is 2.08. The molecule has 2 unspecified atom stereocenters. The van der Waals surface area contributed by atoms with Crippen LogP contribution in [-0.4, -0.2) is 21.1 Å². The smallest absolute Gasteiger partial charge is 0.322 e. The molecule has 0 amide bonds. The van der Waals surface area contributed by atoms with Crippen LogP contribution in [0, 0.1) is 5.92 Å². The second-order valence-corrected chi connectivity index (χ2v) is 4.94. The third-order valence-corrected chi connectivity index (χ3v) is 3.52. The maximum absolute atomic E-state index is 5.79. The van der Waals surface area contributed by atoms with E-state index in [0.717, 1.165) is 12.8 Å². The molecule has 1 aromatic rings. The van der Waals surface area contributed by atoms with Gasteiger partial charge in [-0.05, 0) is 54.8 Å². The summed E-state index contributed by atoms with van der Waals surface area (Å²) >= 11 is 11.4. The van der Waals surface area contributed by atoms with Crippen LogP contribution in [0.5, 0.6) is 6.01 Å². The Morgan fingerprint density at radius 3 is 2.41 bits per heavy atom. The van der Waals surface area contributed by atoms with Crippen LogP contribution < -0.4 is 4.74 Å². The zero-order chi connectivity index (χ0) is 12.3. The minimum atomic E-state index is 0.0730. The summed E-state index contributed by atoms with van der Waals surface area (Å²) in [5.41, 5.74) is 0. The molecular weight excluding hydrogens is 261 g/mol. The van der Waals surface area contributed by atoms with E-state index < -0.39 is 0 Å². The van der Waals surface area contributed by atoms with Gasteiger partial charge in [0.15, 0.2) is 0 Å². The van der Waals surface area contributed by atoms with Crippen molar-refractivity contribution < 1.29 is 4.74 Å². The number of halogens is 2. The van der Waals surface area contributed by atoms with Crippen molar-refractivity contribution in [2.24, 2.45) is 5.92 Å². The van der Waals surface area contributed by atoms with E-state index in [-0.39, 0.29) is 22.7 Å². The maximum Gasteiger partial charge on any atom is 0.322 e. The second-order valence-electron chi connectivity index (χ2n) is 4.27. The molecule has 0 radical (unpaired) electrons. The van der Waals surface area contributed by atoms with Crippen LogP contribution in [0.1, 0.15) is 39.0 Å². The van der Waals surface area contributed by atoms with Gasteiger partial charge in [-0.15, -0.1) is 0 Å². The van der Waals surface area contributed by atoms with Gasteiger partial charge in [-0.1, -0.05) is 13.3 Å². The quantitative estimate of drug-likeness (QED) is 0.847. The molecule has 6 heteroatoms. The molecule has 1 fully saturated rings. The van der Waals surface area contributed by atoms with Crippen molar-refractivity contribution in [1.82, 2.24) is 15.0 Å². The highest BCUT2D eigenvalue weighted by molar-refractivity contribution is 6.31. The number of nitrogens with zero attached hydrogens (tertiary/aromatic N) is 3. The molecule has 0 saturated heterocycles. The zero-order valence-electron chi connectivity index (χ0n) is 9.70. The van der Waals surface area contributed by atoms with Crippen molar-refractivity contribution >= 4 is 23.2 Å². The normalized spacial score (nSPS) is 24.6. The summed E-state index contributed by atoms with van der Waals surface area (Å²) in [6.07, 6.45) is 5.98. The monoisotopic (exact) mass is 275 g/mol. The van der Waals surface area contributed by atoms with Crippen molar-refractivity contribution in [3.05, 3.63) is 10.6 Å². The van der Waals surface area contributed by atoms with Gasteiger partial charge in [0.1, 0.15) is 6.10 Å². The van der Waals surface area contributed by atoms with Gasteiger partial charge < -0.3 is 4.74 Å². The van der Waals surface area contributed by atoms with E-state index in [4.69, 9.17) is 27.9 Å². The molecule has 2 rings (SSSR count). The minimum absolute atomic E-state index is 0.0730. The van der Waals surface area contributed by atoms with E-state index in [0.29, 0.717) is 5.92 Å². The van der Waals surface area contributed by atoms with Gasteiger partial charge in [-0.2, -0.15) is 15.0 Å². The molecule has 1 saturated carbocycles. The van der Waals surface area contributed by atoms with Crippen LogP contribution in [0.25, 0.3) is 0 Å². The lowest BCUT2D eigenvalue weighted by Gasteiger charge is -2.30. The molecule has 1 aromatic heterocycles. The molecule has 1 aliphatic rings. The average molecular weight is 276 g/mol. The van der Waals surface area contributed by atoms with Crippen LogP contribution in [0.4, 0.5) is 0 Å². The maximum atomic E-state index is 5.79. The predicted octanol–water partition coefficient (Wildman–Crippen LogP) is 3.53. The number of hydrogen-bond acceptors (Lipinski definition) is 4. The lowest BCUT2D eigenvalue weighted by atomic mass is 9.85. The fourth-order valence-corrected chi connectivity index (χ4v) is 2.64.